The van der Waals surface area contributed by atoms with Gasteiger partial charge in [-0.1, -0.05) is 25.7 Å². The van der Waals surface area contributed by atoms with Gasteiger partial charge < -0.3 is 5.73 Å². The van der Waals surface area contributed by atoms with Crippen molar-refractivity contribution in [2.75, 3.05) is 20.1 Å². The first-order valence-electron chi connectivity index (χ1n) is 7.05. The average Bonchev–Trinajstić information content (AvgIpc) is 2.92. The van der Waals surface area contributed by atoms with Crippen molar-refractivity contribution < 1.29 is 0 Å². The van der Waals surface area contributed by atoms with Crippen molar-refractivity contribution in [2.24, 2.45) is 17.6 Å². The quantitative estimate of drug-likeness (QED) is 0.751. The monoisotopic (exact) mass is 224 g/mol. The van der Waals surface area contributed by atoms with E-state index in [1.54, 1.807) is 0 Å². The van der Waals surface area contributed by atoms with Gasteiger partial charge in [0.15, 0.2) is 0 Å². The molecule has 2 heteroatoms. The maximum absolute atomic E-state index is 6.02. The minimum absolute atomic E-state index is 0.254. The van der Waals surface area contributed by atoms with E-state index in [-0.39, 0.29) is 5.54 Å². The molecule has 0 aromatic heterocycles. The van der Waals surface area contributed by atoms with Crippen LogP contribution < -0.4 is 5.73 Å². The smallest absolute Gasteiger partial charge is 0.0303 e. The van der Waals surface area contributed by atoms with Crippen LogP contribution in [0.15, 0.2) is 0 Å². The second-order valence-electron chi connectivity index (χ2n) is 6.38. The molecule has 16 heavy (non-hydrogen) atoms. The van der Waals surface area contributed by atoms with Crippen molar-refractivity contribution >= 4 is 0 Å². The lowest BCUT2D eigenvalue weighted by Gasteiger charge is -2.39. The molecule has 2 fully saturated rings. The molecule has 0 heterocycles. The molecule has 2 N–H and O–H groups in total. The van der Waals surface area contributed by atoms with Crippen molar-refractivity contribution in [1.82, 2.24) is 4.90 Å². The van der Waals surface area contributed by atoms with E-state index in [0.717, 1.165) is 18.4 Å². The summed E-state index contributed by atoms with van der Waals surface area (Å²) in [6.07, 6.45) is 9.95. The summed E-state index contributed by atoms with van der Waals surface area (Å²) >= 11 is 0. The van der Waals surface area contributed by atoms with E-state index in [0.29, 0.717) is 0 Å². The second kappa shape index (κ2) is 5.05. The average molecular weight is 224 g/mol. The fourth-order valence-electron chi connectivity index (χ4n) is 3.14. The molecule has 2 nitrogen and oxygen atoms in total. The van der Waals surface area contributed by atoms with Crippen molar-refractivity contribution in [2.45, 2.75) is 57.4 Å². The van der Waals surface area contributed by atoms with E-state index in [1.165, 1.54) is 51.5 Å². The molecule has 0 radical (unpaired) electrons. The van der Waals surface area contributed by atoms with Crippen molar-refractivity contribution in [3.8, 4) is 0 Å². The molecule has 0 saturated heterocycles. The standard InChI is InChI=1S/C14H28N2/c1-14(11-15,9-12-7-8-12)16(2)10-13-5-3-4-6-13/h12-13H,3-11,15H2,1-2H3. The van der Waals surface area contributed by atoms with Crippen molar-refractivity contribution in [1.29, 1.82) is 0 Å². The summed E-state index contributed by atoms with van der Waals surface area (Å²) in [4.78, 5) is 2.56. The first-order valence-corrected chi connectivity index (χ1v) is 7.05. The van der Waals surface area contributed by atoms with Crippen LogP contribution >= 0.6 is 0 Å². The molecule has 0 bridgehead atoms. The van der Waals surface area contributed by atoms with E-state index in [2.05, 4.69) is 18.9 Å². The minimum Gasteiger partial charge on any atom is -0.329 e. The molecule has 0 spiro atoms. The van der Waals surface area contributed by atoms with E-state index in [4.69, 9.17) is 5.73 Å². The third kappa shape index (κ3) is 2.98. The Morgan fingerprint density at radius 3 is 2.25 bits per heavy atom. The highest BCUT2D eigenvalue weighted by atomic mass is 15.2. The van der Waals surface area contributed by atoms with E-state index in [1.807, 2.05) is 0 Å². The molecule has 0 amide bonds. The van der Waals surface area contributed by atoms with E-state index < -0.39 is 0 Å². The second-order valence-corrected chi connectivity index (χ2v) is 6.38. The van der Waals surface area contributed by atoms with Crippen LogP contribution in [0, 0.1) is 11.8 Å². The van der Waals surface area contributed by atoms with E-state index in [9.17, 15) is 0 Å². The number of nitrogens with two attached hydrogens (primary N) is 1. The van der Waals surface area contributed by atoms with Gasteiger partial charge in [0, 0.05) is 18.6 Å². The maximum atomic E-state index is 6.02. The molecule has 94 valence electrons. The highest BCUT2D eigenvalue weighted by Gasteiger charge is 2.36. The zero-order chi connectivity index (χ0) is 11.6. The Bertz CT molecular complexity index is 219. The highest BCUT2D eigenvalue weighted by Crippen LogP contribution is 2.39. The van der Waals surface area contributed by atoms with Gasteiger partial charge >= 0.3 is 0 Å². The van der Waals surface area contributed by atoms with Gasteiger partial charge in [0.2, 0.25) is 0 Å². The third-order valence-electron chi connectivity index (χ3n) is 4.79. The summed E-state index contributed by atoms with van der Waals surface area (Å²) in [5.74, 6) is 1.91. The molecule has 2 aliphatic rings. The molecule has 0 aromatic carbocycles. The van der Waals surface area contributed by atoms with E-state index >= 15 is 0 Å². The topological polar surface area (TPSA) is 29.3 Å². The van der Waals surface area contributed by atoms with Crippen molar-refractivity contribution in [3.05, 3.63) is 0 Å². The van der Waals surface area contributed by atoms with Crippen LogP contribution in [0.2, 0.25) is 0 Å². The van der Waals surface area contributed by atoms with Crippen LogP contribution in [0.1, 0.15) is 51.9 Å². The lowest BCUT2D eigenvalue weighted by Crippen LogP contribution is -2.51. The summed E-state index contributed by atoms with van der Waals surface area (Å²) < 4.78 is 0. The first-order chi connectivity index (χ1) is 7.64. The lowest BCUT2D eigenvalue weighted by atomic mass is 9.91. The van der Waals surface area contributed by atoms with Crippen LogP contribution in [0.4, 0.5) is 0 Å². The predicted octanol–water partition coefficient (Wildman–Crippen LogP) is 2.63. The number of nitrogens with zero attached hydrogens (tertiary/aromatic N) is 1. The Balaban J connectivity index is 1.85. The molecule has 2 saturated carbocycles. The third-order valence-corrected chi connectivity index (χ3v) is 4.79. The molecule has 1 atom stereocenters. The van der Waals surface area contributed by atoms with Gasteiger partial charge in [-0.25, -0.2) is 0 Å². The SMILES string of the molecule is CN(CC1CCCC1)C(C)(CN)CC1CC1. The molecule has 2 rings (SSSR count). The van der Waals surface area contributed by atoms with Crippen molar-refractivity contribution in [3.63, 3.8) is 0 Å². The summed E-state index contributed by atoms with van der Waals surface area (Å²) in [6.45, 7) is 4.44. The van der Waals surface area contributed by atoms with Gasteiger partial charge in [-0.05, 0) is 45.1 Å². The Morgan fingerprint density at radius 2 is 1.75 bits per heavy atom. The predicted molar refractivity (Wildman–Crippen MR) is 69.4 cm³/mol. The Hall–Kier alpha value is -0.0800. The van der Waals surface area contributed by atoms with Crippen LogP contribution in [-0.2, 0) is 0 Å². The summed E-state index contributed by atoms with van der Waals surface area (Å²) in [7, 11) is 2.29. The van der Waals surface area contributed by atoms with Crippen LogP contribution in [-0.4, -0.2) is 30.6 Å². The molecular formula is C14H28N2. The molecular weight excluding hydrogens is 196 g/mol. The molecule has 1 unspecified atom stereocenters. The van der Waals surface area contributed by atoms with Crippen LogP contribution in [0.25, 0.3) is 0 Å². The zero-order valence-corrected chi connectivity index (χ0v) is 11.0. The largest absolute Gasteiger partial charge is 0.329 e. The fraction of sp³-hybridized carbons (Fsp3) is 1.00. The highest BCUT2D eigenvalue weighted by molar-refractivity contribution is 4.92. The minimum atomic E-state index is 0.254. The Kier molecular flexibility index (Phi) is 3.91. The molecule has 0 aromatic rings. The van der Waals surface area contributed by atoms with Crippen LogP contribution in [0.5, 0.6) is 0 Å². The Labute approximate surface area is 101 Å². The lowest BCUT2D eigenvalue weighted by molar-refractivity contribution is 0.108. The maximum Gasteiger partial charge on any atom is 0.0303 e. The number of hydrogen-bond acceptors (Lipinski definition) is 2. The summed E-state index contributed by atoms with van der Waals surface area (Å²) in [6, 6.07) is 0. The normalized spacial score (nSPS) is 26.2. The zero-order valence-electron chi connectivity index (χ0n) is 11.0. The van der Waals surface area contributed by atoms with Gasteiger partial charge in [-0.3, -0.25) is 4.90 Å². The molecule has 0 aliphatic heterocycles. The summed E-state index contributed by atoms with van der Waals surface area (Å²) in [5, 5.41) is 0. The van der Waals surface area contributed by atoms with Gasteiger partial charge in [-0.2, -0.15) is 0 Å². The first kappa shape index (κ1) is 12.4. The van der Waals surface area contributed by atoms with Gasteiger partial charge in [0.1, 0.15) is 0 Å². The van der Waals surface area contributed by atoms with Gasteiger partial charge in [0.25, 0.3) is 0 Å². The number of likely N-dealkylation sites (N-methyl/N-ethyl adjacent to an activating group) is 1. The van der Waals surface area contributed by atoms with Crippen LogP contribution in [0.3, 0.4) is 0 Å². The number of hydrogen-bond donors (Lipinski definition) is 1. The van der Waals surface area contributed by atoms with Gasteiger partial charge in [0.05, 0.1) is 0 Å². The number of rotatable bonds is 6. The van der Waals surface area contributed by atoms with Gasteiger partial charge in [-0.15, -0.1) is 0 Å². The Morgan fingerprint density at radius 1 is 1.12 bits per heavy atom. The summed E-state index contributed by atoms with van der Waals surface area (Å²) in [5.41, 5.74) is 6.27. The molecule has 2 aliphatic carbocycles. The fourth-order valence-corrected chi connectivity index (χ4v) is 3.14.